The van der Waals surface area contributed by atoms with E-state index >= 15 is 0 Å². The summed E-state index contributed by atoms with van der Waals surface area (Å²) in [6.45, 7) is -0.286. The summed E-state index contributed by atoms with van der Waals surface area (Å²) in [7, 11) is -3.08. The van der Waals surface area contributed by atoms with E-state index in [-0.39, 0.29) is 40.5 Å². The summed E-state index contributed by atoms with van der Waals surface area (Å²) in [5.74, 6) is -2.00. The van der Waals surface area contributed by atoms with E-state index in [2.05, 4.69) is 15.9 Å². The van der Waals surface area contributed by atoms with Gasteiger partial charge in [-0.25, -0.2) is 17.2 Å². The van der Waals surface area contributed by atoms with E-state index in [9.17, 15) is 22.3 Å². The molecule has 2 unspecified atom stereocenters. The quantitative estimate of drug-likeness (QED) is 0.829. The lowest BCUT2D eigenvalue weighted by Crippen LogP contribution is -2.23. The molecule has 20 heavy (non-hydrogen) atoms. The van der Waals surface area contributed by atoms with E-state index < -0.39 is 27.4 Å². The van der Waals surface area contributed by atoms with Gasteiger partial charge in [-0.05, 0) is 52.7 Å². The highest BCUT2D eigenvalue weighted by atomic mass is 79.9. The Morgan fingerprint density at radius 2 is 2.10 bits per heavy atom. The average molecular weight is 369 g/mol. The predicted molar refractivity (Wildman–Crippen MR) is 75.1 cm³/mol. The van der Waals surface area contributed by atoms with E-state index in [0.29, 0.717) is 6.42 Å². The van der Waals surface area contributed by atoms with E-state index in [0.717, 1.165) is 6.07 Å². The smallest absolute Gasteiger partial charge is 0.150 e. The molecule has 0 amide bonds. The van der Waals surface area contributed by atoms with Crippen molar-refractivity contribution >= 4 is 25.8 Å². The van der Waals surface area contributed by atoms with Gasteiger partial charge >= 0.3 is 0 Å². The number of sulfone groups is 1. The molecule has 0 bridgehead atoms. The van der Waals surface area contributed by atoms with Crippen molar-refractivity contribution in [3.8, 4) is 0 Å². The van der Waals surface area contributed by atoms with Crippen molar-refractivity contribution in [2.45, 2.75) is 12.8 Å². The molecule has 2 atom stereocenters. The Morgan fingerprint density at radius 3 is 2.65 bits per heavy atom. The zero-order valence-electron chi connectivity index (χ0n) is 10.7. The summed E-state index contributed by atoms with van der Waals surface area (Å²) in [5, 5.41) is 9.42. The third-order valence-electron chi connectivity index (χ3n) is 3.77. The molecule has 1 saturated heterocycles. The van der Waals surface area contributed by atoms with Gasteiger partial charge in [0.15, 0.2) is 9.84 Å². The first-order chi connectivity index (χ1) is 9.34. The summed E-state index contributed by atoms with van der Waals surface area (Å²) < 4.78 is 50.7. The molecule has 0 spiro atoms. The molecule has 1 aliphatic rings. The molecular formula is C13H15BrF2O3S. The minimum Gasteiger partial charge on any atom is -0.396 e. The highest BCUT2D eigenvalue weighted by molar-refractivity contribution is 9.10. The monoisotopic (exact) mass is 368 g/mol. The van der Waals surface area contributed by atoms with E-state index in [1.165, 1.54) is 6.07 Å². The molecule has 1 fully saturated rings. The van der Waals surface area contributed by atoms with Crippen LogP contribution in [0.2, 0.25) is 0 Å². The van der Waals surface area contributed by atoms with Crippen molar-refractivity contribution in [2.75, 3.05) is 18.1 Å². The van der Waals surface area contributed by atoms with Crippen molar-refractivity contribution in [3.05, 3.63) is 33.8 Å². The van der Waals surface area contributed by atoms with Crippen molar-refractivity contribution in [2.24, 2.45) is 11.8 Å². The van der Waals surface area contributed by atoms with Gasteiger partial charge in [0.05, 0.1) is 16.0 Å². The van der Waals surface area contributed by atoms with E-state index in [4.69, 9.17) is 0 Å². The third kappa shape index (κ3) is 3.38. The van der Waals surface area contributed by atoms with Gasteiger partial charge in [-0.2, -0.15) is 0 Å². The summed E-state index contributed by atoms with van der Waals surface area (Å²) in [5.41, 5.74) is -0.109. The molecule has 0 radical (unpaired) electrons. The Kier molecular flexibility index (Phi) is 4.81. The van der Waals surface area contributed by atoms with E-state index in [1.807, 2.05) is 0 Å². The fraction of sp³-hybridized carbons (Fsp3) is 0.538. The molecule has 112 valence electrons. The average Bonchev–Trinajstić information content (AvgIpc) is 2.75. The van der Waals surface area contributed by atoms with Crippen LogP contribution in [0.3, 0.4) is 0 Å². The van der Waals surface area contributed by atoms with Crippen LogP contribution in [0.4, 0.5) is 8.78 Å². The first-order valence-electron chi connectivity index (χ1n) is 6.27. The van der Waals surface area contributed by atoms with Gasteiger partial charge in [0.1, 0.15) is 11.6 Å². The lowest BCUT2D eigenvalue weighted by molar-refractivity contribution is 0.182. The maximum absolute atomic E-state index is 13.9. The number of halogens is 3. The number of rotatable bonds is 4. The zero-order valence-corrected chi connectivity index (χ0v) is 13.1. The highest BCUT2D eigenvalue weighted by Crippen LogP contribution is 2.31. The molecular weight excluding hydrogens is 354 g/mol. The molecule has 7 heteroatoms. The lowest BCUT2D eigenvalue weighted by atomic mass is 9.86. The van der Waals surface area contributed by atoms with Gasteiger partial charge in [-0.15, -0.1) is 0 Å². The fourth-order valence-electron chi connectivity index (χ4n) is 2.59. The van der Waals surface area contributed by atoms with Crippen LogP contribution in [-0.4, -0.2) is 31.6 Å². The van der Waals surface area contributed by atoms with Crippen LogP contribution in [0.25, 0.3) is 0 Å². The number of aliphatic hydroxyl groups excluding tert-OH is 1. The molecule has 1 aromatic carbocycles. The number of aliphatic hydroxyl groups is 1. The topological polar surface area (TPSA) is 54.4 Å². The summed E-state index contributed by atoms with van der Waals surface area (Å²) in [4.78, 5) is 0. The minimum atomic E-state index is -3.08. The molecule has 1 heterocycles. The minimum absolute atomic E-state index is 0.00616. The fourth-order valence-corrected chi connectivity index (χ4v) is 4.89. The van der Waals surface area contributed by atoms with Crippen molar-refractivity contribution in [1.82, 2.24) is 0 Å². The van der Waals surface area contributed by atoms with E-state index in [1.54, 1.807) is 0 Å². The Labute approximate surface area is 125 Å². The van der Waals surface area contributed by atoms with Gasteiger partial charge in [0, 0.05) is 12.2 Å². The van der Waals surface area contributed by atoms with Gasteiger partial charge in [0.2, 0.25) is 0 Å². The molecule has 2 rings (SSSR count). The first kappa shape index (κ1) is 15.9. The second-order valence-electron chi connectivity index (χ2n) is 5.13. The maximum atomic E-state index is 13.9. The standard InChI is InChI=1S/C13H15BrF2O3S/c14-11-1-2-12(15)10(13(11)16)5-9(6-17)8-3-4-20(18,19)7-8/h1-2,8-9,17H,3-7H2. The molecule has 0 aromatic heterocycles. The van der Waals surface area contributed by atoms with Gasteiger partial charge in [0.25, 0.3) is 0 Å². The lowest BCUT2D eigenvalue weighted by Gasteiger charge is -2.21. The molecule has 0 saturated carbocycles. The third-order valence-corrected chi connectivity index (χ3v) is 6.18. The van der Waals surface area contributed by atoms with Crippen LogP contribution in [0.1, 0.15) is 12.0 Å². The Morgan fingerprint density at radius 1 is 1.40 bits per heavy atom. The Balaban J connectivity index is 2.21. The Hall–Kier alpha value is -0.530. The summed E-state index contributed by atoms with van der Waals surface area (Å²) in [6, 6.07) is 2.43. The maximum Gasteiger partial charge on any atom is 0.150 e. The molecule has 1 aliphatic heterocycles. The van der Waals surface area contributed by atoms with Crippen LogP contribution in [-0.2, 0) is 16.3 Å². The van der Waals surface area contributed by atoms with Crippen molar-refractivity contribution in [1.29, 1.82) is 0 Å². The molecule has 3 nitrogen and oxygen atoms in total. The number of benzene rings is 1. The van der Waals surface area contributed by atoms with Gasteiger partial charge < -0.3 is 5.11 Å². The SMILES string of the molecule is O=S1(=O)CCC(C(CO)Cc2c(F)ccc(Br)c2F)C1. The zero-order chi connectivity index (χ0) is 14.9. The van der Waals surface area contributed by atoms with Crippen molar-refractivity contribution in [3.63, 3.8) is 0 Å². The first-order valence-corrected chi connectivity index (χ1v) is 8.89. The van der Waals surface area contributed by atoms with Crippen LogP contribution in [0, 0.1) is 23.5 Å². The summed E-state index contributed by atoms with van der Waals surface area (Å²) >= 11 is 2.99. The molecule has 1 aromatic rings. The second-order valence-corrected chi connectivity index (χ2v) is 8.21. The van der Waals surface area contributed by atoms with Gasteiger partial charge in [-0.1, -0.05) is 0 Å². The molecule has 1 N–H and O–H groups in total. The number of hydrogen-bond donors (Lipinski definition) is 1. The normalized spacial score (nSPS) is 22.9. The Bertz CT molecular complexity index is 604. The van der Waals surface area contributed by atoms with Crippen LogP contribution < -0.4 is 0 Å². The predicted octanol–water partition coefficient (Wildman–Crippen LogP) is 2.31. The van der Waals surface area contributed by atoms with Gasteiger partial charge in [-0.3, -0.25) is 0 Å². The highest BCUT2D eigenvalue weighted by Gasteiger charge is 2.34. The molecule has 0 aliphatic carbocycles. The van der Waals surface area contributed by atoms with Crippen molar-refractivity contribution < 1.29 is 22.3 Å². The second kappa shape index (κ2) is 6.07. The van der Waals surface area contributed by atoms with Crippen LogP contribution >= 0.6 is 15.9 Å². The summed E-state index contributed by atoms with van der Waals surface area (Å²) in [6.07, 6.45) is 0.429. The number of hydrogen-bond acceptors (Lipinski definition) is 3. The van der Waals surface area contributed by atoms with Crippen LogP contribution in [0.5, 0.6) is 0 Å². The largest absolute Gasteiger partial charge is 0.396 e. The van der Waals surface area contributed by atoms with Crippen LogP contribution in [0.15, 0.2) is 16.6 Å².